The van der Waals surface area contributed by atoms with Crippen molar-refractivity contribution in [3.63, 3.8) is 0 Å². The minimum absolute atomic E-state index is 0.107. The number of aromatic carboxylic acids is 1. The Bertz CT molecular complexity index is 617. The molecule has 102 valence electrons. The van der Waals surface area contributed by atoms with Crippen molar-refractivity contribution in [2.75, 3.05) is 20.8 Å². The molecule has 0 atom stereocenters. The number of carboxylic acids is 1. The van der Waals surface area contributed by atoms with Crippen LogP contribution >= 0.6 is 0 Å². The molecule has 0 aliphatic heterocycles. The smallest absolute Gasteiger partial charge is 0.352 e. The van der Waals surface area contributed by atoms with Crippen molar-refractivity contribution in [1.82, 2.24) is 4.57 Å². The maximum absolute atomic E-state index is 11.2. The van der Waals surface area contributed by atoms with Crippen LogP contribution in [0.3, 0.4) is 0 Å². The monoisotopic (exact) mass is 265 g/mol. The summed E-state index contributed by atoms with van der Waals surface area (Å²) in [6.07, 6.45) is 0. The molecule has 0 amide bonds. The van der Waals surface area contributed by atoms with Gasteiger partial charge in [0.2, 0.25) is 0 Å². The third-order valence-corrected chi connectivity index (χ3v) is 2.93. The lowest BCUT2D eigenvalue weighted by molar-refractivity contribution is 0.0684. The normalized spacial score (nSPS) is 10.7. The largest absolute Gasteiger partial charge is 0.497 e. The van der Waals surface area contributed by atoms with Gasteiger partial charge in [-0.05, 0) is 12.1 Å². The van der Waals surface area contributed by atoms with E-state index in [9.17, 15) is 9.90 Å². The van der Waals surface area contributed by atoms with Crippen LogP contribution in [0.2, 0.25) is 0 Å². The Balaban J connectivity index is 2.78. The van der Waals surface area contributed by atoms with Gasteiger partial charge in [-0.25, -0.2) is 4.79 Å². The maximum Gasteiger partial charge on any atom is 0.352 e. The zero-order chi connectivity index (χ0) is 14.0. The quantitative estimate of drug-likeness (QED) is 0.852. The number of rotatable bonds is 5. The first-order valence-corrected chi connectivity index (χ1v) is 5.71. The Morgan fingerprint density at radius 2 is 2.00 bits per heavy atom. The van der Waals surface area contributed by atoms with Crippen LogP contribution in [0, 0.1) is 0 Å². The van der Waals surface area contributed by atoms with Crippen molar-refractivity contribution >= 4 is 16.9 Å². The Morgan fingerprint density at radius 3 is 2.53 bits per heavy atom. The standard InChI is InChI=1S/C13H15NO5/c1-18-9-5-8-6-10(13(16)17)14(3-4-15)12(8)11(7-9)19-2/h5-7,15H,3-4H2,1-2H3,(H,16,17). The molecule has 0 saturated carbocycles. The number of carbonyl (C=O) groups is 1. The third-order valence-electron chi connectivity index (χ3n) is 2.93. The Labute approximate surface area is 109 Å². The fourth-order valence-electron chi connectivity index (χ4n) is 2.13. The lowest BCUT2D eigenvalue weighted by Gasteiger charge is -2.10. The molecule has 1 aromatic carbocycles. The number of ether oxygens (including phenoxy) is 2. The second kappa shape index (κ2) is 5.19. The van der Waals surface area contributed by atoms with Crippen LogP contribution in [-0.2, 0) is 6.54 Å². The average Bonchev–Trinajstić information content (AvgIpc) is 2.77. The van der Waals surface area contributed by atoms with Gasteiger partial charge in [0.05, 0.1) is 26.3 Å². The Hall–Kier alpha value is -2.21. The predicted molar refractivity (Wildman–Crippen MR) is 69.1 cm³/mol. The van der Waals surface area contributed by atoms with E-state index in [1.165, 1.54) is 18.8 Å². The Morgan fingerprint density at radius 1 is 1.26 bits per heavy atom. The molecule has 0 saturated heterocycles. The summed E-state index contributed by atoms with van der Waals surface area (Å²) in [5.41, 5.74) is 0.741. The molecule has 1 aromatic heterocycles. The molecule has 0 bridgehead atoms. The van der Waals surface area contributed by atoms with Gasteiger partial charge in [0, 0.05) is 18.0 Å². The van der Waals surface area contributed by atoms with E-state index in [2.05, 4.69) is 0 Å². The Kier molecular flexibility index (Phi) is 3.62. The zero-order valence-electron chi connectivity index (χ0n) is 10.7. The summed E-state index contributed by atoms with van der Waals surface area (Å²) in [6.45, 7) is 0.0348. The summed E-state index contributed by atoms with van der Waals surface area (Å²) in [5.74, 6) is 0.0448. The molecule has 0 aliphatic carbocycles. The highest BCUT2D eigenvalue weighted by Crippen LogP contribution is 2.33. The number of hydrogen-bond donors (Lipinski definition) is 2. The van der Waals surface area contributed by atoms with Crippen molar-refractivity contribution in [3.8, 4) is 11.5 Å². The van der Waals surface area contributed by atoms with E-state index in [4.69, 9.17) is 14.6 Å². The number of aliphatic hydroxyl groups is 1. The van der Waals surface area contributed by atoms with Gasteiger partial charge in [0.15, 0.2) is 0 Å². The average molecular weight is 265 g/mol. The molecule has 2 N–H and O–H groups in total. The first kappa shape index (κ1) is 13.2. The first-order valence-electron chi connectivity index (χ1n) is 5.71. The van der Waals surface area contributed by atoms with Crippen LogP contribution < -0.4 is 9.47 Å². The van der Waals surface area contributed by atoms with Gasteiger partial charge in [-0.15, -0.1) is 0 Å². The number of aromatic nitrogens is 1. The van der Waals surface area contributed by atoms with Crippen molar-refractivity contribution in [2.24, 2.45) is 0 Å². The van der Waals surface area contributed by atoms with Crippen molar-refractivity contribution < 1.29 is 24.5 Å². The predicted octanol–water partition coefficient (Wildman–Crippen LogP) is 1.35. The van der Waals surface area contributed by atoms with Gasteiger partial charge >= 0.3 is 5.97 Å². The van der Waals surface area contributed by atoms with E-state index in [1.807, 2.05) is 0 Å². The SMILES string of the molecule is COc1cc(OC)c2c(c1)cc(C(=O)O)n2CCO. The summed E-state index contributed by atoms with van der Waals surface area (Å²) >= 11 is 0. The van der Waals surface area contributed by atoms with Gasteiger partial charge in [-0.3, -0.25) is 0 Å². The van der Waals surface area contributed by atoms with Crippen LogP contribution in [0.15, 0.2) is 18.2 Å². The highest BCUT2D eigenvalue weighted by Gasteiger charge is 2.18. The summed E-state index contributed by atoms with van der Waals surface area (Å²) in [6, 6.07) is 4.96. The zero-order valence-corrected chi connectivity index (χ0v) is 10.7. The summed E-state index contributed by atoms with van der Waals surface area (Å²) in [5, 5.41) is 19.0. The highest BCUT2D eigenvalue weighted by molar-refractivity contribution is 5.97. The van der Waals surface area contributed by atoms with Crippen LogP contribution in [0.1, 0.15) is 10.5 Å². The topological polar surface area (TPSA) is 80.9 Å². The summed E-state index contributed by atoms with van der Waals surface area (Å²) in [7, 11) is 3.04. The molecule has 0 radical (unpaired) electrons. The first-order chi connectivity index (χ1) is 9.12. The maximum atomic E-state index is 11.2. The van der Waals surface area contributed by atoms with Crippen molar-refractivity contribution in [3.05, 3.63) is 23.9 Å². The number of nitrogens with zero attached hydrogens (tertiary/aromatic N) is 1. The summed E-state index contributed by atoms with van der Waals surface area (Å²) in [4.78, 5) is 11.2. The molecular formula is C13H15NO5. The molecule has 2 rings (SSSR count). The van der Waals surface area contributed by atoms with Crippen LogP contribution in [0.4, 0.5) is 0 Å². The van der Waals surface area contributed by atoms with Crippen LogP contribution in [-0.4, -0.2) is 41.6 Å². The fourth-order valence-corrected chi connectivity index (χ4v) is 2.13. The van der Waals surface area contributed by atoms with E-state index in [0.29, 0.717) is 22.4 Å². The van der Waals surface area contributed by atoms with E-state index in [0.717, 1.165) is 0 Å². The third kappa shape index (κ3) is 2.22. The second-order valence-corrected chi connectivity index (χ2v) is 3.98. The lowest BCUT2D eigenvalue weighted by Crippen LogP contribution is -2.11. The highest BCUT2D eigenvalue weighted by atomic mass is 16.5. The number of aliphatic hydroxyl groups excluding tert-OH is 1. The molecule has 0 fully saturated rings. The van der Waals surface area contributed by atoms with E-state index in [1.54, 1.807) is 18.2 Å². The molecule has 19 heavy (non-hydrogen) atoms. The molecule has 0 spiro atoms. The number of methoxy groups -OCH3 is 2. The molecule has 6 heteroatoms. The number of fused-ring (bicyclic) bond motifs is 1. The van der Waals surface area contributed by atoms with Crippen molar-refractivity contribution in [1.29, 1.82) is 0 Å². The number of carboxylic acid groups (broad SMARTS) is 1. The van der Waals surface area contributed by atoms with Crippen molar-refractivity contribution in [2.45, 2.75) is 6.54 Å². The fraction of sp³-hybridized carbons (Fsp3) is 0.308. The lowest BCUT2D eigenvalue weighted by atomic mass is 10.2. The molecule has 1 heterocycles. The molecule has 0 aliphatic rings. The van der Waals surface area contributed by atoms with Gasteiger partial charge in [0.1, 0.15) is 17.2 Å². The van der Waals surface area contributed by atoms with Crippen LogP contribution in [0.25, 0.3) is 10.9 Å². The van der Waals surface area contributed by atoms with E-state index < -0.39 is 5.97 Å². The van der Waals surface area contributed by atoms with Crippen LogP contribution in [0.5, 0.6) is 11.5 Å². The number of hydrogen-bond acceptors (Lipinski definition) is 4. The molecular weight excluding hydrogens is 250 g/mol. The van der Waals surface area contributed by atoms with Gasteiger partial charge in [-0.1, -0.05) is 0 Å². The minimum atomic E-state index is -1.05. The minimum Gasteiger partial charge on any atom is -0.497 e. The van der Waals surface area contributed by atoms with Gasteiger partial charge in [-0.2, -0.15) is 0 Å². The molecule has 0 unspecified atom stereocenters. The van der Waals surface area contributed by atoms with Gasteiger partial charge in [0.25, 0.3) is 0 Å². The molecule has 2 aromatic rings. The molecule has 6 nitrogen and oxygen atoms in total. The summed E-state index contributed by atoms with van der Waals surface area (Å²) < 4.78 is 11.9. The second-order valence-electron chi connectivity index (χ2n) is 3.98. The van der Waals surface area contributed by atoms with E-state index in [-0.39, 0.29) is 18.8 Å². The number of benzene rings is 1. The van der Waals surface area contributed by atoms with E-state index >= 15 is 0 Å². The van der Waals surface area contributed by atoms with Gasteiger partial charge < -0.3 is 24.3 Å².